The van der Waals surface area contributed by atoms with E-state index in [-0.39, 0.29) is 18.7 Å². The minimum absolute atomic E-state index is 0.0997. The second-order valence-corrected chi connectivity index (χ2v) is 5.36. The minimum atomic E-state index is -0.448. The number of likely N-dealkylation sites (tertiary alicyclic amines) is 1. The van der Waals surface area contributed by atoms with E-state index in [1.54, 1.807) is 24.3 Å². The van der Waals surface area contributed by atoms with Crippen LogP contribution in [0.3, 0.4) is 0 Å². The number of carbonyl (C=O) groups is 2. The second kappa shape index (κ2) is 7.68. The molecule has 1 unspecified atom stereocenters. The topological polar surface area (TPSA) is 67.9 Å². The van der Waals surface area contributed by atoms with Crippen LogP contribution in [0.1, 0.15) is 26.2 Å². The Morgan fingerprint density at radius 1 is 1.36 bits per heavy atom. The van der Waals surface area contributed by atoms with E-state index in [9.17, 15) is 9.59 Å². The highest BCUT2D eigenvalue weighted by Gasteiger charge is 2.23. The predicted molar refractivity (Wildman–Crippen MR) is 83.0 cm³/mol. The standard InChI is InChI=1S/C16H22N2O4/c1-12-6-3-4-9-18(12)16(20)17-13-7-5-8-14(10-13)22-11-15(19)21-2/h5,7-8,10,12H,3-4,6,9,11H2,1-2H3,(H,17,20). The Hall–Kier alpha value is -2.24. The average molecular weight is 306 g/mol. The first-order valence-corrected chi connectivity index (χ1v) is 7.47. The fourth-order valence-corrected chi connectivity index (χ4v) is 2.46. The Balaban J connectivity index is 1.94. The molecule has 0 bridgehead atoms. The molecule has 0 spiro atoms. The molecule has 0 radical (unpaired) electrons. The van der Waals surface area contributed by atoms with Crippen molar-refractivity contribution < 1.29 is 19.1 Å². The van der Waals surface area contributed by atoms with Crippen molar-refractivity contribution in [3.63, 3.8) is 0 Å². The third-order valence-electron chi connectivity index (χ3n) is 3.73. The molecule has 6 heteroatoms. The smallest absolute Gasteiger partial charge is 0.343 e. The van der Waals surface area contributed by atoms with Crippen LogP contribution in [0, 0.1) is 0 Å². The summed E-state index contributed by atoms with van der Waals surface area (Å²) in [6.45, 7) is 2.69. The number of anilines is 1. The first-order chi connectivity index (χ1) is 10.6. The van der Waals surface area contributed by atoms with Gasteiger partial charge in [0.1, 0.15) is 5.75 Å². The molecule has 1 aromatic carbocycles. The van der Waals surface area contributed by atoms with Gasteiger partial charge < -0.3 is 19.7 Å². The summed E-state index contributed by atoms with van der Waals surface area (Å²) >= 11 is 0. The summed E-state index contributed by atoms with van der Waals surface area (Å²) in [7, 11) is 1.31. The Morgan fingerprint density at radius 2 is 2.18 bits per heavy atom. The van der Waals surface area contributed by atoms with Crippen LogP contribution in [-0.2, 0) is 9.53 Å². The molecule has 1 aliphatic rings. The van der Waals surface area contributed by atoms with Gasteiger partial charge in [-0.1, -0.05) is 6.07 Å². The molecule has 1 saturated heterocycles. The van der Waals surface area contributed by atoms with Gasteiger partial charge in [0.15, 0.2) is 6.61 Å². The molecule has 1 aliphatic heterocycles. The van der Waals surface area contributed by atoms with Crippen molar-refractivity contribution in [3.05, 3.63) is 24.3 Å². The third kappa shape index (κ3) is 4.38. The number of esters is 1. The van der Waals surface area contributed by atoms with Crippen LogP contribution < -0.4 is 10.1 Å². The van der Waals surface area contributed by atoms with Crippen molar-refractivity contribution >= 4 is 17.7 Å². The van der Waals surface area contributed by atoms with Crippen LogP contribution in [0.5, 0.6) is 5.75 Å². The number of hydrogen-bond acceptors (Lipinski definition) is 4. The Morgan fingerprint density at radius 3 is 2.91 bits per heavy atom. The highest BCUT2D eigenvalue weighted by atomic mass is 16.6. The van der Waals surface area contributed by atoms with Crippen LogP contribution in [-0.4, -0.2) is 43.2 Å². The summed E-state index contributed by atoms with van der Waals surface area (Å²) < 4.78 is 9.83. The summed E-state index contributed by atoms with van der Waals surface area (Å²) in [5.74, 6) is 0.0615. The fraction of sp³-hybridized carbons (Fsp3) is 0.500. The van der Waals surface area contributed by atoms with Gasteiger partial charge >= 0.3 is 12.0 Å². The van der Waals surface area contributed by atoms with Crippen LogP contribution in [0.2, 0.25) is 0 Å². The van der Waals surface area contributed by atoms with Crippen molar-refractivity contribution in [2.24, 2.45) is 0 Å². The number of methoxy groups -OCH3 is 1. The maximum absolute atomic E-state index is 12.3. The van der Waals surface area contributed by atoms with E-state index in [2.05, 4.69) is 17.0 Å². The average Bonchev–Trinajstić information content (AvgIpc) is 2.53. The molecule has 120 valence electrons. The lowest BCUT2D eigenvalue weighted by Crippen LogP contribution is -2.44. The lowest BCUT2D eigenvalue weighted by molar-refractivity contribution is -0.142. The van der Waals surface area contributed by atoms with E-state index in [0.717, 1.165) is 19.4 Å². The number of amides is 2. The molecule has 1 fully saturated rings. The van der Waals surface area contributed by atoms with E-state index in [0.29, 0.717) is 11.4 Å². The highest BCUT2D eigenvalue weighted by molar-refractivity contribution is 5.89. The molecule has 0 aliphatic carbocycles. The third-order valence-corrected chi connectivity index (χ3v) is 3.73. The van der Waals surface area contributed by atoms with Gasteiger partial charge in [0.05, 0.1) is 7.11 Å². The summed E-state index contributed by atoms with van der Waals surface area (Å²) in [6, 6.07) is 7.13. The van der Waals surface area contributed by atoms with Gasteiger partial charge in [-0.15, -0.1) is 0 Å². The number of piperidine rings is 1. The zero-order valence-corrected chi connectivity index (χ0v) is 13.0. The van der Waals surface area contributed by atoms with Gasteiger partial charge in [-0.05, 0) is 38.3 Å². The summed E-state index contributed by atoms with van der Waals surface area (Å²) in [5.41, 5.74) is 0.644. The van der Waals surface area contributed by atoms with E-state index in [4.69, 9.17) is 4.74 Å². The maximum atomic E-state index is 12.3. The molecule has 22 heavy (non-hydrogen) atoms. The van der Waals surface area contributed by atoms with Crippen LogP contribution in [0.4, 0.5) is 10.5 Å². The largest absolute Gasteiger partial charge is 0.482 e. The Bertz CT molecular complexity index is 533. The van der Waals surface area contributed by atoms with Gasteiger partial charge in [0, 0.05) is 24.3 Å². The van der Waals surface area contributed by atoms with Gasteiger partial charge in [0.25, 0.3) is 0 Å². The molecule has 2 amide bonds. The van der Waals surface area contributed by atoms with Crippen LogP contribution >= 0.6 is 0 Å². The molecular weight excluding hydrogens is 284 g/mol. The van der Waals surface area contributed by atoms with Gasteiger partial charge in [-0.2, -0.15) is 0 Å². The lowest BCUT2D eigenvalue weighted by Gasteiger charge is -2.33. The molecule has 1 heterocycles. The van der Waals surface area contributed by atoms with Crippen molar-refractivity contribution in [1.29, 1.82) is 0 Å². The lowest BCUT2D eigenvalue weighted by atomic mass is 10.0. The summed E-state index contributed by atoms with van der Waals surface area (Å²) in [6.07, 6.45) is 3.25. The normalized spacial score (nSPS) is 17.7. The van der Waals surface area contributed by atoms with Crippen molar-refractivity contribution in [2.45, 2.75) is 32.2 Å². The molecule has 1 N–H and O–H groups in total. The molecule has 1 atom stereocenters. The van der Waals surface area contributed by atoms with Crippen LogP contribution in [0.25, 0.3) is 0 Å². The molecule has 2 rings (SSSR count). The van der Waals surface area contributed by atoms with E-state index >= 15 is 0 Å². The zero-order valence-electron chi connectivity index (χ0n) is 13.0. The number of nitrogens with zero attached hydrogens (tertiary/aromatic N) is 1. The number of benzene rings is 1. The fourth-order valence-electron chi connectivity index (χ4n) is 2.46. The maximum Gasteiger partial charge on any atom is 0.343 e. The van der Waals surface area contributed by atoms with Crippen LogP contribution in [0.15, 0.2) is 24.3 Å². The summed E-state index contributed by atoms with van der Waals surface area (Å²) in [5, 5.41) is 2.87. The van der Waals surface area contributed by atoms with Gasteiger partial charge in [-0.3, -0.25) is 0 Å². The molecule has 1 aromatic rings. The molecule has 0 aromatic heterocycles. The second-order valence-electron chi connectivity index (χ2n) is 5.36. The number of urea groups is 1. The number of nitrogens with one attached hydrogen (secondary N) is 1. The number of rotatable bonds is 4. The van der Waals surface area contributed by atoms with Crippen molar-refractivity contribution in [1.82, 2.24) is 4.90 Å². The predicted octanol–water partition coefficient (Wildman–Crippen LogP) is 2.64. The van der Waals surface area contributed by atoms with Gasteiger partial charge in [0.2, 0.25) is 0 Å². The highest BCUT2D eigenvalue weighted by Crippen LogP contribution is 2.20. The summed E-state index contributed by atoms with van der Waals surface area (Å²) in [4.78, 5) is 25.2. The quantitative estimate of drug-likeness (QED) is 0.868. The monoisotopic (exact) mass is 306 g/mol. The molecular formula is C16H22N2O4. The first kappa shape index (κ1) is 16.1. The Kier molecular flexibility index (Phi) is 5.63. The molecule has 6 nitrogen and oxygen atoms in total. The zero-order chi connectivity index (χ0) is 15.9. The van der Waals surface area contributed by atoms with Gasteiger partial charge in [-0.25, -0.2) is 9.59 Å². The SMILES string of the molecule is COC(=O)COc1cccc(NC(=O)N2CCCCC2C)c1. The van der Waals surface area contributed by atoms with E-state index in [1.807, 2.05) is 4.90 Å². The minimum Gasteiger partial charge on any atom is -0.482 e. The first-order valence-electron chi connectivity index (χ1n) is 7.47. The number of ether oxygens (including phenoxy) is 2. The van der Waals surface area contributed by atoms with E-state index < -0.39 is 5.97 Å². The van der Waals surface area contributed by atoms with Crippen molar-refractivity contribution in [3.8, 4) is 5.75 Å². The molecule has 0 saturated carbocycles. The van der Waals surface area contributed by atoms with Crippen molar-refractivity contribution in [2.75, 3.05) is 25.6 Å². The van der Waals surface area contributed by atoms with E-state index in [1.165, 1.54) is 13.5 Å². The Labute approximate surface area is 130 Å². The number of carbonyl (C=O) groups excluding carboxylic acids is 2. The number of hydrogen-bond donors (Lipinski definition) is 1.